The molecule has 2 aromatic rings. The third-order valence-corrected chi connectivity index (χ3v) is 11.9. The average Bonchev–Trinajstić information content (AvgIpc) is 3.19. The molecular weight excluding hydrogens is 585 g/mol. The molecule has 9 nitrogen and oxygen atoms in total. The maximum absolute atomic E-state index is 13.9. The van der Waals surface area contributed by atoms with Crippen LogP contribution in [0.25, 0.3) is 10.2 Å². The Kier molecular flexibility index (Phi) is 9.36. The molecule has 0 bridgehead atoms. The van der Waals surface area contributed by atoms with Gasteiger partial charge in [0.15, 0.2) is 19.1 Å². The van der Waals surface area contributed by atoms with Crippen LogP contribution in [0, 0.1) is 11.3 Å². The zero-order valence-corrected chi connectivity index (χ0v) is 27.3. The number of methoxy groups -OCH3 is 1. The van der Waals surface area contributed by atoms with Crippen LogP contribution in [0.3, 0.4) is 0 Å². The quantitative estimate of drug-likeness (QED) is 0.0685. The fourth-order valence-corrected chi connectivity index (χ4v) is 10.4. The molecule has 0 N–H and O–H groups in total. The number of aromatic nitrogens is 1. The number of fused-ring (bicyclic) bond motifs is 1. The first-order valence-electron chi connectivity index (χ1n) is 11.9. The topological polar surface area (TPSA) is 112 Å². The van der Waals surface area contributed by atoms with Crippen LogP contribution in [0.2, 0.25) is 13.1 Å². The molecule has 14 heteroatoms. The van der Waals surface area contributed by atoms with E-state index in [1.807, 2.05) is 65.1 Å². The van der Waals surface area contributed by atoms with E-state index in [4.69, 9.17) is 13.3 Å². The zero-order valence-electron chi connectivity index (χ0n) is 22.9. The molecule has 0 radical (unpaired) electrons. The Balaban J connectivity index is 2.09. The Morgan fingerprint density at radius 2 is 1.82 bits per heavy atom. The van der Waals surface area contributed by atoms with Gasteiger partial charge in [-0.2, -0.15) is 8.42 Å². The van der Waals surface area contributed by atoms with Crippen LogP contribution < -0.4 is 0 Å². The van der Waals surface area contributed by atoms with Crippen molar-refractivity contribution >= 4 is 74.2 Å². The van der Waals surface area contributed by atoms with Crippen molar-refractivity contribution < 1.29 is 31.4 Å². The fraction of sp³-hybridized carbons (Fsp3) is 0.542. The molecule has 0 spiro atoms. The van der Waals surface area contributed by atoms with Gasteiger partial charge in [-0.15, -0.1) is 11.3 Å². The van der Waals surface area contributed by atoms with Gasteiger partial charge in [-0.25, -0.2) is 9.78 Å². The van der Waals surface area contributed by atoms with Crippen LogP contribution in [-0.2, 0) is 33.1 Å². The second-order valence-electron chi connectivity index (χ2n) is 10.4. The fourth-order valence-electron chi connectivity index (χ4n) is 4.27. The summed E-state index contributed by atoms with van der Waals surface area (Å²) in [5.41, 5.74) is -0.664. The van der Waals surface area contributed by atoms with Crippen molar-refractivity contribution in [3.8, 4) is 0 Å². The summed E-state index contributed by atoms with van der Waals surface area (Å²) in [5, 5.41) is -0.594. The van der Waals surface area contributed by atoms with Crippen LogP contribution in [0.5, 0.6) is 0 Å². The highest BCUT2D eigenvalue weighted by molar-refractivity contribution is 8.77. The predicted molar refractivity (Wildman–Crippen MR) is 156 cm³/mol. The highest BCUT2D eigenvalue weighted by atomic mass is 33.1. The Morgan fingerprint density at radius 3 is 2.34 bits per heavy atom. The van der Waals surface area contributed by atoms with Crippen molar-refractivity contribution in [1.29, 1.82) is 0 Å². The second-order valence-corrected chi connectivity index (χ2v) is 17.9. The first-order valence-corrected chi connectivity index (χ1v) is 19.5. The summed E-state index contributed by atoms with van der Waals surface area (Å²) >= 11 is 1.53. The van der Waals surface area contributed by atoms with Crippen molar-refractivity contribution in [2.24, 2.45) is 11.3 Å². The van der Waals surface area contributed by atoms with E-state index in [9.17, 15) is 18.0 Å². The summed E-state index contributed by atoms with van der Waals surface area (Å²) in [7, 11) is -1.63. The lowest BCUT2D eigenvalue weighted by atomic mass is 9.66. The molecular formula is C24H34N2O7S4Si. The van der Waals surface area contributed by atoms with Gasteiger partial charge in [0.2, 0.25) is 5.91 Å². The van der Waals surface area contributed by atoms with Crippen molar-refractivity contribution in [1.82, 2.24) is 9.88 Å². The standard InChI is InChI=1S/C24H34N2O7S4Si/c1-14(32-37(7,29)30)18(21(28)31-6)26-19(27)17(24(5,23(2,3)4)33-38(8)9)20(26)35-36-22-25-15-12-10-11-13-16(15)34-22/h10-13,17,20,38H,1-9H3/b18-14+/t17?,20?,24-/m1/s1. The summed E-state index contributed by atoms with van der Waals surface area (Å²) < 4.78 is 42.1. The van der Waals surface area contributed by atoms with Crippen molar-refractivity contribution in [3.63, 3.8) is 0 Å². The van der Waals surface area contributed by atoms with E-state index in [-0.39, 0.29) is 17.4 Å². The molecule has 0 aliphatic carbocycles. The second kappa shape index (κ2) is 11.5. The molecule has 210 valence electrons. The number of hydrogen-bond donors (Lipinski definition) is 0. The molecule has 2 heterocycles. The highest BCUT2D eigenvalue weighted by Gasteiger charge is 2.63. The Bertz CT molecular complexity index is 1320. The minimum Gasteiger partial charge on any atom is -0.464 e. The maximum atomic E-state index is 13.9. The lowest BCUT2D eigenvalue weighted by molar-refractivity contribution is -0.175. The summed E-state index contributed by atoms with van der Waals surface area (Å²) in [6.45, 7) is 13.4. The first-order chi connectivity index (χ1) is 17.5. The molecule has 1 aliphatic rings. The number of esters is 1. The van der Waals surface area contributed by atoms with E-state index in [0.29, 0.717) is 0 Å². The molecule has 1 aromatic heterocycles. The largest absolute Gasteiger partial charge is 0.464 e. The lowest BCUT2D eigenvalue weighted by Gasteiger charge is -2.57. The van der Waals surface area contributed by atoms with Crippen LogP contribution in [0.4, 0.5) is 0 Å². The number of likely N-dealkylation sites (tertiary alicyclic amines) is 1. The van der Waals surface area contributed by atoms with Gasteiger partial charge < -0.3 is 13.3 Å². The summed E-state index contributed by atoms with van der Waals surface area (Å²) in [4.78, 5) is 32.7. The minimum atomic E-state index is -3.96. The molecule has 1 saturated heterocycles. The molecule has 2 unspecified atom stereocenters. The van der Waals surface area contributed by atoms with E-state index in [0.717, 1.165) is 20.8 Å². The molecule has 1 fully saturated rings. The average molecular weight is 619 g/mol. The number of para-hydroxylation sites is 1. The van der Waals surface area contributed by atoms with Gasteiger partial charge in [0.05, 0.1) is 35.1 Å². The van der Waals surface area contributed by atoms with E-state index < -0.39 is 47.4 Å². The number of amides is 1. The Morgan fingerprint density at radius 1 is 1.18 bits per heavy atom. The zero-order chi connectivity index (χ0) is 28.6. The Hall–Kier alpha value is -1.58. The molecule has 3 rings (SSSR count). The number of hydrogen-bond acceptors (Lipinski definition) is 11. The number of thiazole rings is 1. The number of allylic oxidation sites excluding steroid dienone is 1. The summed E-state index contributed by atoms with van der Waals surface area (Å²) in [6.07, 6.45) is 0.874. The molecule has 3 atom stereocenters. The molecule has 0 saturated carbocycles. The third-order valence-electron chi connectivity index (χ3n) is 6.33. The SMILES string of the molecule is COC(=O)/C(=C(/C)OS(C)(=O)=O)N1C(=O)C([C@@](C)(O[SiH](C)C)C(C)(C)C)C1SSc1nc2ccccc2s1. The smallest absolute Gasteiger partial charge is 0.358 e. The highest BCUT2D eigenvalue weighted by Crippen LogP contribution is 2.55. The monoisotopic (exact) mass is 618 g/mol. The van der Waals surface area contributed by atoms with E-state index >= 15 is 0 Å². The number of nitrogens with zero attached hydrogens (tertiary/aromatic N) is 2. The predicted octanol–water partition coefficient (Wildman–Crippen LogP) is 5.01. The van der Waals surface area contributed by atoms with Crippen LogP contribution in [0.1, 0.15) is 34.6 Å². The van der Waals surface area contributed by atoms with Crippen LogP contribution in [0.15, 0.2) is 40.1 Å². The third kappa shape index (κ3) is 6.41. The molecule has 1 aromatic carbocycles. The van der Waals surface area contributed by atoms with Gasteiger partial charge in [-0.1, -0.05) is 43.7 Å². The molecule has 1 aliphatic heterocycles. The van der Waals surface area contributed by atoms with Gasteiger partial charge in [0.25, 0.3) is 0 Å². The summed E-state index contributed by atoms with van der Waals surface area (Å²) in [5.74, 6) is -2.10. The minimum absolute atomic E-state index is 0.238. The number of rotatable bonds is 10. The number of carbonyl (C=O) groups is 2. The van der Waals surface area contributed by atoms with E-state index in [2.05, 4.69) is 4.98 Å². The van der Waals surface area contributed by atoms with Crippen molar-refractivity contribution in [2.75, 3.05) is 13.4 Å². The normalized spacial score (nSPS) is 20.7. The van der Waals surface area contributed by atoms with Gasteiger partial charge >= 0.3 is 16.1 Å². The maximum Gasteiger partial charge on any atom is 0.358 e. The van der Waals surface area contributed by atoms with E-state index in [1.54, 1.807) is 0 Å². The number of β-lactam (4-membered cyclic amide) rings is 1. The number of benzene rings is 1. The van der Waals surface area contributed by atoms with Gasteiger partial charge in [-0.05, 0) is 55.3 Å². The number of ether oxygens (including phenoxy) is 1. The van der Waals surface area contributed by atoms with Gasteiger partial charge in [0.1, 0.15) is 11.1 Å². The van der Waals surface area contributed by atoms with Crippen molar-refractivity contribution in [2.45, 2.75) is 63.0 Å². The Labute approximate surface area is 237 Å². The molecule has 38 heavy (non-hydrogen) atoms. The van der Waals surface area contributed by atoms with E-state index in [1.165, 1.54) is 51.9 Å². The van der Waals surface area contributed by atoms with Gasteiger partial charge in [-0.3, -0.25) is 9.69 Å². The van der Waals surface area contributed by atoms with Crippen LogP contribution >= 0.6 is 32.9 Å². The number of carbonyl (C=O) groups excluding carboxylic acids is 2. The van der Waals surface area contributed by atoms with Gasteiger partial charge in [0, 0.05) is 0 Å². The molecule has 1 amide bonds. The first kappa shape index (κ1) is 31.0. The summed E-state index contributed by atoms with van der Waals surface area (Å²) in [6, 6.07) is 7.80. The van der Waals surface area contributed by atoms with Crippen LogP contribution in [-0.4, -0.2) is 63.6 Å². The lowest BCUT2D eigenvalue weighted by Crippen LogP contribution is -2.70. The van der Waals surface area contributed by atoms with Crippen molar-refractivity contribution in [3.05, 3.63) is 35.7 Å².